The molecule has 1 N–H and O–H groups in total. The van der Waals surface area contributed by atoms with Crippen molar-refractivity contribution in [1.29, 1.82) is 0 Å². The van der Waals surface area contributed by atoms with Gasteiger partial charge in [0.2, 0.25) is 5.91 Å². The molecule has 2 unspecified atom stereocenters. The van der Waals surface area contributed by atoms with E-state index in [-0.39, 0.29) is 23.9 Å². The number of hydrogen-bond acceptors (Lipinski definition) is 1. The molecular formula is C14H16BrClFNO. The molecule has 1 aromatic carbocycles. The van der Waals surface area contributed by atoms with E-state index in [4.69, 9.17) is 11.6 Å². The summed E-state index contributed by atoms with van der Waals surface area (Å²) in [4.78, 5) is 12.3. The van der Waals surface area contributed by atoms with E-state index in [0.29, 0.717) is 9.85 Å². The molecule has 0 radical (unpaired) electrons. The van der Waals surface area contributed by atoms with Crippen LogP contribution in [0.4, 0.5) is 4.39 Å². The minimum atomic E-state index is -0.429. The Kier molecular flexibility index (Phi) is 5.22. The lowest BCUT2D eigenvalue weighted by molar-refractivity contribution is -0.121. The summed E-state index contributed by atoms with van der Waals surface area (Å²) in [6, 6.07) is 4.59. The zero-order valence-electron chi connectivity index (χ0n) is 10.5. The Labute approximate surface area is 125 Å². The van der Waals surface area contributed by atoms with Gasteiger partial charge in [0, 0.05) is 21.5 Å². The van der Waals surface area contributed by atoms with Gasteiger partial charge in [0.25, 0.3) is 0 Å². The van der Waals surface area contributed by atoms with Crippen LogP contribution in [0.3, 0.4) is 0 Å². The van der Waals surface area contributed by atoms with Crippen molar-refractivity contribution in [2.75, 3.05) is 0 Å². The fraction of sp³-hybridized carbons (Fsp3) is 0.500. The highest BCUT2D eigenvalue weighted by Gasteiger charge is 2.24. The number of nitrogens with one attached hydrogen (secondary N) is 1. The lowest BCUT2D eigenvalue weighted by atomic mass is 9.95. The Balaban J connectivity index is 1.97. The van der Waals surface area contributed by atoms with E-state index in [1.807, 2.05) is 0 Å². The number of amides is 1. The number of halogens is 3. The van der Waals surface area contributed by atoms with Crippen LogP contribution in [0.5, 0.6) is 0 Å². The molecule has 0 heterocycles. The van der Waals surface area contributed by atoms with Crippen LogP contribution in [0.2, 0.25) is 5.02 Å². The first-order valence-electron chi connectivity index (χ1n) is 6.44. The highest BCUT2D eigenvalue weighted by atomic mass is 79.9. The molecule has 0 saturated heterocycles. The first-order chi connectivity index (χ1) is 9.08. The van der Waals surface area contributed by atoms with Crippen molar-refractivity contribution >= 4 is 33.4 Å². The van der Waals surface area contributed by atoms with Crippen LogP contribution in [0.1, 0.15) is 31.2 Å². The summed E-state index contributed by atoms with van der Waals surface area (Å²) in [6.45, 7) is 0. The fourth-order valence-corrected chi connectivity index (χ4v) is 3.32. The second-order valence-electron chi connectivity index (χ2n) is 4.85. The van der Waals surface area contributed by atoms with Gasteiger partial charge in [-0.15, -0.1) is 0 Å². The van der Waals surface area contributed by atoms with E-state index in [1.165, 1.54) is 18.6 Å². The van der Waals surface area contributed by atoms with E-state index in [0.717, 1.165) is 19.3 Å². The minimum Gasteiger partial charge on any atom is -0.352 e. The monoisotopic (exact) mass is 347 g/mol. The van der Waals surface area contributed by atoms with Crippen molar-refractivity contribution in [1.82, 2.24) is 5.32 Å². The molecule has 0 aliphatic heterocycles. The molecule has 2 atom stereocenters. The van der Waals surface area contributed by atoms with Gasteiger partial charge in [-0.1, -0.05) is 46.4 Å². The molecule has 104 valence electrons. The van der Waals surface area contributed by atoms with Gasteiger partial charge in [0.1, 0.15) is 5.82 Å². The third kappa shape index (κ3) is 3.93. The second-order valence-corrected chi connectivity index (χ2v) is 6.43. The summed E-state index contributed by atoms with van der Waals surface area (Å²) in [6.07, 6.45) is 4.31. The van der Waals surface area contributed by atoms with Crippen LogP contribution in [0, 0.1) is 5.82 Å². The van der Waals surface area contributed by atoms with Crippen LogP contribution >= 0.6 is 27.5 Å². The maximum atomic E-state index is 13.6. The number of carbonyl (C=O) groups is 1. The van der Waals surface area contributed by atoms with Gasteiger partial charge in [0.05, 0.1) is 6.42 Å². The summed E-state index contributed by atoms with van der Waals surface area (Å²) in [7, 11) is 0. The van der Waals surface area contributed by atoms with Crippen molar-refractivity contribution < 1.29 is 9.18 Å². The summed E-state index contributed by atoms with van der Waals surface area (Å²) in [5, 5.41) is 3.26. The zero-order chi connectivity index (χ0) is 13.8. The predicted octanol–water partition coefficient (Wildman–Crippen LogP) is 3.84. The van der Waals surface area contributed by atoms with Crippen molar-refractivity contribution in [2.24, 2.45) is 0 Å². The molecule has 5 heteroatoms. The van der Waals surface area contributed by atoms with Gasteiger partial charge in [0.15, 0.2) is 0 Å². The Morgan fingerprint density at radius 2 is 2.16 bits per heavy atom. The molecule has 1 aliphatic carbocycles. The molecular weight excluding hydrogens is 333 g/mol. The van der Waals surface area contributed by atoms with Crippen LogP contribution in [-0.4, -0.2) is 16.8 Å². The number of benzene rings is 1. The van der Waals surface area contributed by atoms with E-state index in [9.17, 15) is 9.18 Å². The maximum Gasteiger partial charge on any atom is 0.224 e. The third-order valence-corrected chi connectivity index (χ3v) is 4.88. The molecule has 0 aromatic heterocycles. The van der Waals surface area contributed by atoms with Crippen LogP contribution in [0.15, 0.2) is 18.2 Å². The molecule has 2 nitrogen and oxygen atoms in total. The number of carbonyl (C=O) groups excluding carboxylic acids is 1. The van der Waals surface area contributed by atoms with Crippen LogP contribution < -0.4 is 5.32 Å². The van der Waals surface area contributed by atoms with Crippen molar-refractivity contribution in [3.05, 3.63) is 34.6 Å². The molecule has 0 spiro atoms. The first-order valence-corrected chi connectivity index (χ1v) is 7.73. The normalized spacial score (nSPS) is 23.1. The molecule has 1 fully saturated rings. The zero-order valence-corrected chi connectivity index (χ0v) is 12.8. The molecule has 1 aromatic rings. The third-order valence-electron chi connectivity index (χ3n) is 3.43. The standard InChI is InChI=1S/C14H16BrClFNO/c15-10-4-1-2-7-13(10)18-14(19)8-9-11(16)5-3-6-12(9)17/h3,5-6,10,13H,1-2,4,7-8H2,(H,18,19). The van der Waals surface area contributed by atoms with E-state index in [1.54, 1.807) is 6.07 Å². The van der Waals surface area contributed by atoms with Crippen molar-refractivity contribution in [3.63, 3.8) is 0 Å². The van der Waals surface area contributed by atoms with E-state index < -0.39 is 5.82 Å². The Hall–Kier alpha value is -0.610. The lowest BCUT2D eigenvalue weighted by Gasteiger charge is -2.28. The average molecular weight is 349 g/mol. The van der Waals surface area contributed by atoms with Gasteiger partial charge in [-0.05, 0) is 25.0 Å². The van der Waals surface area contributed by atoms with Crippen molar-refractivity contribution in [3.8, 4) is 0 Å². The minimum absolute atomic E-state index is 0.0122. The largest absolute Gasteiger partial charge is 0.352 e. The Morgan fingerprint density at radius 3 is 2.84 bits per heavy atom. The second kappa shape index (κ2) is 6.71. The highest BCUT2D eigenvalue weighted by molar-refractivity contribution is 9.09. The van der Waals surface area contributed by atoms with Crippen LogP contribution in [0.25, 0.3) is 0 Å². The lowest BCUT2D eigenvalue weighted by Crippen LogP contribution is -2.43. The summed E-state index contributed by atoms with van der Waals surface area (Å²) in [5.41, 5.74) is 0.267. The molecule has 1 saturated carbocycles. The topological polar surface area (TPSA) is 29.1 Å². The van der Waals surface area contributed by atoms with E-state index in [2.05, 4.69) is 21.2 Å². The number of alkyl halides is 1. The molecule has 19 heavy (non-hydrogen) atoms. The first kappa shape index (κ1) is 14.8. The summed E-state index contributed by atoms with van der Waals surface area (Å²) < 4.78 is 13.6. The average Bonchev–Trinajstić information content (AvgIpc) is 2.37. The van der Waals surface area contributed by atoms with Crippen LogP contribution in [-0.2, 0) is 11.2 Å². The number of rotatable bonds is 3. The Bertz CT molecular complexity index is 449. The van der Waals surface area contributed by atoms with Gasteiger partial charge in [-0.2, -0.15) is 0 Å². The van der Waals surface area contributed by atoms with Gasteiger partial charge in [-0.3, -0.25) is 4.79 Å². The van der Waals surface area contributed by atoms with E-state index >= 15 is 0 Å². The SMILES string of the molecule is O=C(Cc1c(F)cccc1Cl)NC1CCCCC1Br. The molecule has 1 aliphatic rings. The quantitative estimate of drug-likeness (QED) is 0.826. The molecule has 0 bridgehead atoms. The van der Waals surface area contributed by atoms with Gasteiger partial charge < -0.3 is 5.32 Å². The highest BCUT2D eigenvalue weighted by Crippen LogP contribution is 2.25. The van der Waals surface area contributed by atoms with Gasteiger partial charge in [-0.25, -0.2) is 4.39 Å². The maximum absolute atomic E-state index is 13.6. The molecule has 1 amide bonds. The van der Waals surface area contributed by atoms with Crippen molar-refractivity contribution in [2.45, 2.75) is 43.0 Å². The smallest absolute Gasteiger partial charge is 0.224 e. The summed E-state index contributed by atoms with van der Waals surface area (Å²) >= 11 is 9.50. The fourth-order valence-electron chi connectivity index (χ4n) is 2.37. The molecule has 2 rings (SSSR count). The predicted molar refractivity (Wildman–Crippen MR) is 78.2 cm³/mol. The van der Waals surface area contributed by atoms with Gasteiger partial charge >= 0.3 is 0 Å². The summed E-state index contributed by atoms with van der Waals surface area (Å²) in [5.74, 6) is -0.606. The Morgan fingerprint density at radius 1 is 1.42 bits per heavy atom. The number of hydrogen-bond donors (Lipinski definition) is 1.